The number of esters is 1. The fourth-order valence-electron chi connectivity index (χ4n) is 1.83. The van der Waals surface area contributed by atoms with Gasteiger partial charge in [0.1, 0.15) is 11.6 Å². The number of nitrogens with two attached hydrogens (primary N) is 1. The van der Waals surface area contributed by atoms with Crippen LogP contribution in [0.1, 0.15) is 40.7 Å². The van der Waals surface area contributed by atoms with Crippen molar-refractivity contribution in [3.05, 3.63) is 22.1 Å². The number of thiazole rings is 1. The minimum Gasteiger partial charge on any atom is -0.461 e. The summed E-state index contributed by atoms with van der Waals surface area (Å²) in [5, 5.41) is 0.734. The molecule has 0 aromatic carbocycles. The van der Waals surface area contributed by atoms with Crippen LogP contribution >= 0.6 is 11.3 Å². The Morgan fingerprint density at radius 2 is 2.05 bits per heavy atom. The molecule has 0 unspecified atom stereocenters. The van der Waals surface area contributed by atoms with Gasteiger partial charge in [-0.2, -0.15) is 0 Å². The van der Waals surface area contributed by atoms with Crippen LogP contribution in [-0.4, -0.2) is 27.1 Å². The summed E-state index contributed by atoms with van der Waals surface area (Å²) in [4.78, 5) is 21.7. The number of carbonyl (C=O) groups is 1. The molecule has 0 saturated carbocycles. The number of aromatic nitrogens is 3. The molecule has 0 aliphatic carbocycles. The van der Waals surface area contributed by atoms with E-state index in [1.807, 2.05) is 20.8 Å². The second-order valence-electron chi connectivity index (χ2n) is 4.31. The predicted molar refractivity (Wildman–Crippen MR) is 78.5 cm³/mol. The lowest BCUT2D eigenvalue weighted by Gasteiger charge is -2.04. The first-order valence-corrected chi connectivity index (χ1v) is 7.29. The largest absolute Gasteiger partial charge is 0.461 e. The van der Waals surface area contributed by atoms with E-state index in [1.165, 1.54) is 11.3 Å². The standard InChI is InChI=1S/C13H18N4O2S/c1-5-9-16-10(12(18)19-6-2)11(14)17(9)13-15-7(3)8(4)20-13/h5-6,14H2,1-4H3. The molecule has 20 heavy (non-hydrogen) atoms. The Labute approximate surface area is 121 Å². The molecule has 0 amide bonds. The van der Waals surface area contributed by atoms with Gasteiger partial charge in [0.05, 0.1) is 12.3 Å². The maximum absolute atomic E-state index is 11.9. The molecule has 108 valence electrons. The quantitative estimate of drug-likeness (QED) is 0.875. The summed E-state index contributed by atoms with van der Waals surface area (Å²) < 4.78 is 6.71. The normalized spacial score (nSPS) is 10.8. The van der Waals surface area contributed by atoms with Crippen LogP contribution < -0.4 is 5.73 Å². The number of aryl methyl sites for hydroxylation is 3. The molecule has 0 radical (unpaired) electrons. The lowest BCUT2D eigenvalue weighted by atomic mass is 10.4. The van der Waals surface area contributed by atoms with Crippen molar-refractivity contribution in [3.8, 4) is 5.13 Å². The van der Waals surface area contributed by atoms with E-state index >= 15 is 0 Å². The minimum atomic E-state index is -0.497. The molecule has 2 heterocycles. The van der Waals surface area contributed by atoms with Crippen molar-refractivity contribution in [3.63, 3.8) is 0 Å². The highest BCUT2D eigenvalue weighted by Crippen LogP contribution is 2.27. The monoisotopic (exact) mass is 294 g/mol. The van der Waals surface area contributed by atoms with Gasteiger partial charge in [-0.15, -0.1) is 11.3 Å². The summed E-state index contributed by atoms with van der Waals surface area (Å²) >= 11 is 1.53. The summed E-state index contributed by atoms with van der Waals surface area (Å²) in [5.74, 6) is 0.497. The Bertz CT molecular complexity index is 626. The van der Waals surface area contributed by atoms with Gasteiger partial charge in [-0.25, -0.2) is 14.8 Å². The molecule has 0 atom stereocenters. The number of ether oxygens (including phenoxy) is 1. The fourth-order valence-corrected chi connectivity index (χ4v) is 2.78. The van der Waals surface area contributed by atoms with E-state index in [4.69, 9.17) is 10.5 Å². The number of rotatable bonds is 4. The molecule has 0 fully saturated rings. The lowest BCUT2D eigenvalue weighted by Crippen LogP contribution is -2.09. The van der Waals surface area contributed by atoms with Gasteiger partial charge >= 0.3 is 5.97 Å². The van der Waals surface area contributed by atoms with Crippen LogP contribution in [0.3, 0.4) is 0 Å². The van der Waals surface area contributed by atoms with Crippen LogP contribution in [-0.2, 0) is 11.2 Å². The number of nitrogens with zero attached hydrogens (tertiary/aromatic N) is 3. The van der Waals surface area contributed by atoms with Crippen LogP contribution in [0.2, 0.25) is 0 Å². The number of nitrogen functional groups attached to an aromatic ring is 1. The van der Waals surface area contributed by atoms with E-state index in [0.29, 0.717) is 18.9 Å². The number of hydrogen-bond acceptors (Lipinski definition) is 6. The van der Waals surface area contributed by atoms with Gasteiger partial charge in [-0.3, -0.25) is 4.57 Å². The first-order valence-electron chi connectivity index (χ1n) is 6.48. The van der Waals surface area contributed by atoms with Crippen molar-refractivity contribution in [2.45, 2.75) is 34.1 Å². The van der Waals surface area contributed by atoms with Crippen LogP contribution in [0.25, 0.3) is 5.13 Å². The first kappa shape index (κ1) is 14.5. The van der Waals surface area contributed by atoms with Crippen molar-refractivity contribution in [1.82, 2.24) is 14.5 Å². The first-order chi connectivity index (χ1) is 9.49. The second-order valence-corrected chi connectivity index (χ2v) is 5.49. The highest BCUT2D eigenvalue weighted by Gasteiger charge is 2.23. The third-order valence-electron chi connectivity index (χ3n) is 2.98. The molecular formula is C13H18N4O2S. The Morgan fingerprint density at radius 3 is 2.55 bits per heavy atom. The zero-order valence-corrected chi connectivity index (χ0v) is 12.9. The van der Waals surface area contributed by atoms with Crippen LogP contribution in [0.15, 0.2) is 0 Å². The molecule has 7 heteroatoms. The third-order valence-corrected chi connectivity index (χ3v) is 4.03. The van der Waals surface area contributed by atoms with Gasteiger partial charge in [-0.1, -0.05) is 6.92 Å². The molecule has 2 N–H and O–H groups in total. The maximum Gasteiger partial charge on any atom is 0.360 e. The number of anilines is 1. The van der Waals surface area contributed by atoms with Crippen molar-refractivity contribution in [1.29, 1.82) is 0 Å². The summed E-state index contributed by atoms with van der Waals surface area (Å²) in [6, 6.07) is 0. The minimum absolute atomic E-state index is 0.161. The molecule has 0 aliphatic heterocycles. The Balaban J connectivity index is 2.55. The topological polar surface area (TPSA) is 83.0 Å². The molecule has 0 aliphatic rings. The van der Waals surface area contributed by atoms with Crippen molar-refractivity contribution in [2.24, 2.45) is 0 Å². The van der Waals surface area contributed by atoms with Gasteiger partial charge in [0.25, 0.3) is 0 Å². The molecule has 2 rings (SSSR count). The number of carbonyl (C=O) groups excluding carboxylic acids is 1. The third kappa shape index (κ3) is 2.40. The molecule has 2 aromatic rings. The average Bonchev–Trinajstić information content (AvgIpc) is 2.90. The van der Waals surface area contributed by atoms with Gasteiger partial charge in [0.2, 0.25) is 0 Å². The Morgan fingerprint density at radius 1 is 1.35 bits per heavy atom. The van der Waals surface area contributed by atoms with Gasteiger partial charge in [0.15, 0.2) is 10.8 Å². The SMILES string of the molecule is CCOC(=O)c1nc(CC)n(-c2nc(C)c(C)s2)c1N. The average molecular weight is 294 g/mol. The van der Waals surface area contributed by atoms with Crippen molar-refractivity contribution < 1.29 is 9.53 Å². The van der Waals surface area contributed by atoms with Crippen molar-refractivity contribution in [2.75, 3.05) is 12.3 Å². The summed E-state index contributed by atoms with van der Waals surface area (Å²) in [6.07, 6.45) is 0.654. The summed E-state index contributed by atoms with van der Waals surface area (Å²) in [7, 11) is 0. The predicted octanol–water partition coefficient (Wildman–Crippen LogP) is 2.27. The zero-order chi connectivity index (χ0) is 14.9. The molecule has 2 aromatic heterocycles. The van der Waals surface area contributed by atoms with Gasteiger partial charge < -0.3 is 10.5 Å². The van der Waals surface area contributed by atoms with E-state index < -0.39 is 5.97 Å². The summed E-state index contributed by atoms with van der Waals surface area (Å²) in [5.41, 5.74) is 7.19. The Kier molecular flexibility index (Phi) is 4.08. The van der Waals surface area contributed by atoms with E-state index in [0.717, 1.165) is 15.7 Å². The van der Waals surface area contributed by atoms with Gasteiger partial charge in [-0.05, 0) is 20.8 Å². The van der Waals surface area contributed by atoms with Crippen LogP contribution in [0.4, 0.5) is 5.82 Å². The Hall–Kier alpha value is -1.89. The fraction of sp³-hybridized carbons (Fsp3) is 0.462. The molecular weight excluding hydrogens is 276 g/mol. The molecule has 0 bridgehead atoms. The molecule has 0 saturated heterocycles. The molecule has 0 spiro atoms. The van der Waals surface area contributed by atoms with Crippen molar-refractivity contribution >= 4 is 23.1 Å². The number of hydrogen-bond donors (Lipinski definition) is 1. The van der Waals surface area contributed by atoms with E-state index in [1.54, 1.807) is 11.5 Å². The second kappa shape index (κ2) is 5.62. The molecule has 6 nitrogen and oxygen atoms in total. The van der Waals surface area contributed by atoms with Gasteiger partial charge in [0, 0.05) is 11.3 Å². The number of imidazole rings is 1. The highest BCUT2D eigenvalue weighted by molar-refractivity contribution is 7.14. The highest BCUT2D eigenvalue weighted by atomic mass is 32.1. The summed E-state index contributed by atoms with van der Waals surface area (Å²) in [6.45, 7) is 7.95. The van der Waals surface area contributed by atoms with Crippen LogP contribution in [0.5, 0.6) is 0 Å². The zero-order valence-electron chi connectivity index (χ0n) is 12.1. The maximum atomic E-state index is 11.9. The van der Waals surface area contributed by atoms with E-state index in [9.17, 15) is 4.79 Å². The lowest BCUT2D eigenvalue weighted by molar-refractivity contribution is 0.0521. The van der Waals surface area contributed by atoms with E-state index in [2.05, 4.69) is 9.97 Å². The smallest absolute Gasteiger partial charge is 0.360 e. The van der Waals surface area contributed by atoms with E-state index in [-0.39, 0.29) is 11.5 Å². The van der Waals surface area contributed by atoms with Crippen LogP contribution in [0, 0.1) is 13.8 Å².